The second-order valence-corrected chi connectivity index (χ2v) is 3.21. The van der Waals surface area contributed by atoms with Crippen molar-refractivity contribution in [3.05, 3.63) is 17.5 Å². The average molecular weight is 207 g/mol. The Kier molecular flexibility index (Phi) is 3.86. The van der Waals surface area contributed by atoms with Crippen molar-refractivity contribution in [2.45, 2.75) is 32.8 Å². The summed E-state index contributed by atoms with van der Waals surface area (Å²) in [6.07, 6.45) is 1.07. The number of nitrogens with one attached hydrogen (secondary N) is 1. The van der Waals surface area contributed by atoms with E-state index in [1.54, 1.807) is 6.07 Å². The summed E-state index contributed by atoms with van der Waals surface area (Å²) < 4.78 is 4.79. The highest BCUT2D eigenvalue weighted by Crippen LogP contribution is 2.05. The molecule has 0 radical (unpaired) electrons. The van der Waals surface area contributed by atoms with Crippen LogP contribution in [0.15, 0.2) is 6.07 Å². The summed E-state index contributed by atoms with van der Waals surface area (Å²) in [6, 6.07) is 3.47. The largest absolute Gasteiger partial charge is 0.442 e. The molecule has 80 valence electrons. The van der Waals surface area contributed by atoms with E-state index >= 15 is 0 Å². The predicted octanol–water partition coefficient (Wildman–Crippen LogP) is 1.43. The van der Waals surface area contributed by atoms with E-state index in [0.29, 0.717) is 0 Å². The molecular weight excluding hydrogens is 194 g/mol. The van der Waals surface area contributed by atoms with Gasteiger partial charge in [-0.05, 0) is 19.4 Å². The second-order valence-electron chi connectivity index (χ2n) is 3.21. The minimum absolute atomic E-state index is 0.223. The van der Waals surface area contributed by atoms with Crippen LogP contribution in [-0.4, -0.2) is 22.3 Å². The Bertz CT molecular complexity index is 378. The number of carbonyl (C=O) groups is 1. The first-order valence-corrected chi connectivity index (χ1v) is 4.82. The molecule has 0 aliphatic rings. The van der Waals surface area contributed by atoms with E-state index in [4.69, 9.17) is 10.00 Å². The Morgan fingerprint density at radius 2 is 2.53 bits per heavy atom. The number of ether oxygens (including phenoxy) is 1. The van der Waals surface area contributed by atoms with Crippen molar-refractivity contribution in [2.24, 2.45) is 0 Å². The van der Waals surface area contributed by atoms with E-state index in [9.17, 15) is 4.79 Å². The third kappa shape index (κ3) is 3.09. The van der Waals surface area contributed by atoms with Gasteiger partial charge in [0.1, 0.15) is 6.07 Å². The summed E-state index contributed by atoms with van der Waals surface area (Å²) in [7, 11) is 0. The molecule has 0 aliphatic carbocycles. The van der Waals surface area contributed by atoms with E-state index in [2.05, 4.69) is 10.2 Å². The van der Waals surface area contributed by atoms with Gasteiger partial charge in [-0.3, -0.25) is 5.10 Å². The molecule has 1 unspecified atom stereocenters. The number of aromatic nitrogens is 2. The van der Waals surface area contributed by atoms with E-state index in [0.717, 1.165) is 18.5 Å². The summed E-state index contributed by atoms with van der Waals surface area (Å²) in [5, 5.41) is 15.0. The standard InChI is InChI=1S/C10H13N3O2/c1-3-4-8-5-9(13-12-8)10(14)15-7(2)6-11/h5,7H,3-4H2,1-2H3,(H,12,13). The van der Waals surface area contributed by atoms with Crippen LogP contribution in [0.2, 0.25) is 0 Å². The van der Waals surface area contributed by atoms with Crippen LogP contribution in [0.4, 0.5) is 0 Å². The van der Waals surface area contributed by atoms with Crippen molar-refractivity contribution in [1.82, 2.24) is 10.2 Å². The van der Waals surface area contributed by atoms with Crippen LogP contribution in [0.25, 0.3) is 0 Å². The van der Waals surface area contributed by atoms with Crippen molar-refractivity contribution in [3.8, 4) is 6.07 Å². The summed E-state index contributed by atoms with van der Waals surface area (Å²) >= 11 is 0. The van der Waals surface area contributed by atoms with Crippen LogP contribution >= 0.6 is 0 Å². The van der Waals surface area contributed by atoms with Gasteiger partial charge in [0.15, 0.2) is 11.8 Å². The molecule has 1 aromatic rings. The molecule has 0 aliphatic heterocycles. The topological polar surface area (TPSA) is 78.8 Å². The van der Waals surface area contributed by atoms with E-state index in [-0.39, 0.29) is 5.69 Å². The van der Waals surface area contributed by atoms with Gasteiger partial charge in [0.05, 0.1) is 0 Å². The van der Waals surface area contributed by atoms with Gasteiger partial charge in [0.25, 0.3) is 0 Å². The zero-order valence-corrected chi connectivity index (χ0v) is 8.78. The number of aryl methyl sites for hydroxylation is 1. The van der Waals surface area contributed by atoms with Crippen LogP contribution in [0.1, 0.15) is 36.5 Å². The molecule has 0 saturated carbocycles. The fourth-order valence-electron chi connectivity index (χ4n) is 1.11. The molecule has 1 rings (SSSR count). The zero-order valence-electron chi connectivity index (χ0n) is 8.78. The van der Waals surface area contributed by atoms with E-state index in [1.807, 2.05) is 13.0 Å². The van der Waals surface area contributed by atoms with Crippen LogP contribution in [-0.2, 0) is 11.2 Å². The molecule has 0 aromatic carbocycles. The second kappa shape index (κ2) is 5.15. The lowest BCUT2D eigenvalue weighted by Gasteiger charge is -2.02. The molecule has 1 N–H and O–H groups in total. The first-order valence-electron chi connectivity index (χ1n) is 4.82. The van der Waals surface area contributed by atoms with Crippen molar-refractivity contribution in [1.29, 1.82) is 5.26 Å². The number of rotatable bonds is 4. The van der Waals surface area contributed by atoms with Crippen molar-refractivity contribution in [3.63, 3.8) is 0 Å². The molecule has 0 spiro atoms. The van der Waals surface area contributed by atoms with Gasteiger partial charge in [0.2, 0.25) is 0 Å². The number of hydrogen-bond donors (Lipinski definition) is 1. The molecule has 1 atom stereocenters. The Hall–Kier alpha value is -1.83. The van der Waals surface area contributed by atoms with Gasteiger partial charge in [-0.1, -0.05) is 13.3 Å². The number of nitrogens with zero attached hydrogens (tertiary/aromatic N) is 2. The molecule has 0 amide bonds. The van der Waals surface area contributed by atoms with Crippen molar-refractivity contribution in [2.75, 3.05) is 0 Å². The average Bonchev–Trinajstić information content (AvgIpc) is 2.67. The predicted molar refractivity (Wildman–Crippen MR) is 53.1 cm³/mol. The fourth-order valence-corrected chi connectivity index (χ4v) is 1.11. The Morgan fingerprint density at radius 3 is 3.13 bits per heavy atom. The minimum Gasteiger partial charge on any atom is -0.442 e. The smallest absolute Gasteiger partial charge is 0.360 e. The molecule has 0 fully saturated rings. The van der Waals surface area contributed by atoms with Crippen molar-refractivity contribution >= 4 is 5.97 Å². The SMILES string of the molecule is CCCc1cc(C(=O)OC(C)C#N)n[nH]1. The third-order valence-electron chi connectivity index (χ3n) is 1.83. The van der Waals surface area contributed by atoms with Crippen LogP contribution < -0.4 is 0 Å². The van der Waals surface area contributed by atoms with Gasteiger partial charge in [-0.2, -0.15) is 10.4 Å². The molecule has 15 heavy (non-hydrogen) atoms. The lowest BCUT2D eigenvalue weighted by Crippen LogP contribution is -2.13. The van der Waals surface area contributed by atoms with Gasteiger partial charge >= 0.3 is 5.97 Å². The van der Waals surface area contributed by atoms with Crippen LogP contribution in [0.5, 0.6) is 0 Å². The number of H-pyrrole nitrogens is 1. The monoisotopic (exact) mass is 207 g/mol. The highest BCUT2D eigenvalue weighted by Gasteiger charge is 2.14. The molecule has 5 nitrogen and oxygen atoms in total. The summed E-state index contributed by atoms with van der Waals surface area (Å²) in [4.78, 5) is 11.4. The number of nitriles is 1. The summed E-state index contributed by atoms with van der Waals surface area (Å²) in [5.74, 6) is -0.567. The lowest BCUT2D eigenvalue weighted by molar-refractivity contribution is 0.0428. The normalized spacial score (nSPS) is 11.8. The van der Waals surface area contributed by atoms with E-state index in [1.165, 1.54) is 6.92 Å². The third-order valence-corrected chi connectivity index (χ3v) is 1.83. The number of esters is 1. The van der Waals surface area contributed by atoms with Crippen LogP contribution in [0, 0.1) is 11.3 Å². The Morgan fingerprint density at radius 1 is 1.80 bits per heavy atom. The Balaban J connectivity index is 2.62. The van der Waals surface area contributed by atoms with E-state index < -0.39 is 12.1 Å². The quantitative estimate of drug-likeness (QED) is 0.757. The van der Waals surface area contributed by atoms with Gasteiger partial charge in [-0.25, -0.2) is 4.79 Å². The Labute approximate surface area is 88.1 Å². The molecule has 0 saturated heterocycles. The highest BCUT2D eigenvalue weighted by molar-refractivity contribution is 5.87. The molecule has 1 aromatic heterocycles. The zero-order chi connectivity index (χ0) is 11.3. The fraction of sp³-hybridized carbons (Fsp3) is 0.500. The molecular formula is C10H13N3O2. The number of aromatic amines is 1. The minimum atomic E-state index is -0.746. The van der Waals surface area contributed by atoms with Gasteiger partial charge < -0.3 is 4.74 Å². The van der Waals surface area contributed by atoms with Gasteiger partial charge in [0, 0.05) is 5.69 Å². The first-order chi connectivity index (χ1) is 7.17. The van der Waals surface area contributed by atoms with Gasteiger partial charge in [-0.15, -0.1) is 0 Å². The summed E-state index contributed by atoms with van der Waals surface area (Å²) in [6.45, 7) is 3.55. The lowest BCUT2D eigenvalue weighted by atomic mass is 10.2. The molecule has 5 heteroatoms. The first kappa shape index (κ1) is 11.2. The molecule has 1 heterocycles. The number of carbonyl (C=O) groups excluding carboxylic acids is 1. The highest BCUT2D eigenvalue weighted by atomic mass is 16.5. The maximum absolute atomic E-state index is 11.4. The molecule has 0 bridgehead atoms. The maximum Gasteiger partial charge on any atom is 0.360 e. The maximum atomic E-state index is 11.4. The van der Waals surface area contributed by atoms with Crippen LogP contribution in [0.3, 0.4) is 0 Å². The summed E-state index contributed by atoms with van der Waals surface area (Å²) in [5.41, 5.74) is 1.12. The number of hydrogen-bond acceptors (Lipinski definition) is 4. The van der Waals surface area contributed by atoms with Crippen molar-refractivity contribution < 1.29 is 9.53 Å².